The number of halogens is 1. The SMILES string of the molecule is Cc1nc2c(n1C(CN)c1ccc(Cl)cc1)CCCC2. The van der Waals surface area contributed by atoms with Crippen LogP contribution in [0.2, 0.25) is 5.02 Å². The minimum atomic E-state index is 0.154. The molecule has 1 aromatic heterocycles. The first-order valence-corrected chi connectivity index (χ1v) is 7.60. The molecule has 0 fully saturated rings. The van der Waals surface area contributed by atoms with E-state index in [4.69, 9.17) is 22.3 Å². The molecule has 1 heterocycles. The maximum atomic E-state index is 6.05. The van der Waals surface area contributed by atoms with Crippen LogP contribution in [0.5, 0.6) is 0 Å². The summed E-state index contributed by atoms with van der Waals surface area (Å²) in [5, 5.41) is 0.758. The highest BCUT2D eigenvalue weighted by Gasteiger charge is 2.23. The fraction of sp³-hybridized carbons (Fsp3) is 0.438. The molecule has 0 radical (unpaired) electrons. The zero-order chi connectivity index (χ0) is 14.1. The molecule has 106 valence electrons. The predicted molar refractivity (Wildman–Crippen MR) is 82.3 cm³/mol. The van der Waals surface area contributed by atoms with Gasteiger partial charge in [0.1, 0.15) is 5.82 Å². The van der Waals surface area contributed by atoms with Gasteiger partial charge < -0.3 is 10.3 Å². The first-order valence-electron chi connectivity index (χ1n) is 7.23. The molecular formula is C16H20ClN3. The molecule has 1 aromatic carbocycles. The van der Waals surface area contributed by atoms with Gasteiger partial charge in [-0.25, -0.2) is 4.98 Å². The van der Waals surface area contributed by atoms with Crippen molar-refractivity contribution in [2.75, 3.05) is 6.54 Å². The Hall–Kier alpha value is -1.32. The summed E-state index contributed by atoms with van der Waals surface area (Å²) < 4.78 is 2.33. The van der Waals surface area contributed by atoms with Crippen molar-refractivity contribution in [3.8, 4) is 0 Å². The normalized spacial score (nSPS) is 15.9. The van der Waals surface area contributed by atoms with Crippen molar-refractivity contribution in [3.63, 3.8) is 0 Å². The van der Waals surface area contributed by atoms with Crippen molar-refractivity contribution in [2.24, 2.45) is 5.73 Å². The molecular weight excluding hydrogens is 270 g/mol. The van der Waals surface area contributed by atoms with Crippen LogP contribution in [-0.4, -0.2) is 16.1 Å². The monoisotopic (exact) mass is 289 g/mol. The lowest BCUT2D eigenvalue weighted by Crippen LogP contribution is -2.24. The van der Waals surface area contributed by atoms with Gasteiger partial charge in [0.05, 0.1) is 11.7 Å². The van der Waals surface area contributed by atoms with E-state index in [1.807, 2.05) is 12.1 Å². The molecule has 2 N–H and O–H groups in total. The Labute approximate surface area is 124 Å². The number of aromatic nitrogens is 2. The second kappa shape index (κ2) is 5.58. The third kappa shape index (κ3) is 2.36. The van der Waals surface area contributed by atoms with Crippen molar-refractivity contribution in [3.05, 3.63) is 52.1 Å². The summed E-state index contributed by atoms with van der Waals surface area (Å²) >= 11 is 5.98. The highest BCUT2D eigenvalue weighted by atomic mass is 35.5. The number of imidazole rings is 1. The van der Waals surface area contributed by atoms with E-state index in [1.54, 1.807) is 0 Å². The van der Waals surface area contributed by atoms with E-state index in [2.05, 4.69) is 23.6 Å². The molecule has 0 saturated heterocycles. The molecule has 0 amide bonds. The van der Waals surface area contributed by atoms with Gasteiger partial charge in [-0.1, -0.05) is 23.7 Å². The van der Waals surface area contributed by atoms with Crippen molar-refractivity contribution in [1.29, 1.82) is 0 Å². The molecule has 0 spiro atoms. The molecule has 1 aliphatic rings. The fourth-order valence-electron chi connectivity index (χ4n) is 3.19. The molecule has 0 saturated carbocycles. The van der Waals surface area contributed by atoms with Crippen LogP contribution in [0.25, 0.3) is 0 Å². The molecule has 1 atom stereocenters. The molecule has 1 aliphatic carbocycles. The highest BCUT2D eigenvalue weighted by Crippen LogP contribution is 2.28. The van der Waals surface area contributed by atoms with E-state index in [0.717, 1.165) is 23.7 Å². The van der Waals surface area contributed by atoms with Gasteiger partial charge in [0.15, 0.2) is 0 Å². The summed E-state index contributed by atoms with van der Waals surface area (Å²) in [6.45, 7) is 2.65. The van der Waals surface area contributed by atoms with Crippen molar-refractivity contribution >= 4 is 11.6 Å². The quantitative estimate of drug-likeness (QED) is 0.942. The highest BCUT2D eigenvalue weighted by molar-refractivity contribution is 6.30. The molecule has 1 unspecified atom stereocenters. The van der Waals surface area contributed by atoms with Crippen LogP contribution in [0.15, 0.2) is 24.3 Å². The minimum Gasteiger partial charge on any atom is -0.328 e. The van der Waals surface area contributed by atoms with E-state index >= 15 is 0 Å². The Kier molecular flexibility index (Phi) is 3.81. The van der Waals surface area contributed by atoms with Crippen LogP contribution >= 0.6 is 11.6 Å². The fourth-order valence-corrected chi connectivity index (χ4v) is 3.31. The van der Waals surface area contributed by atoms with Crippen LogP contribution in [-0.2, 0) is 12.8 Å². The molecule has 3 nitrogen and oxygen atoms in total. The lowest BCUT2D eigenvalue weighted by molar-refractivity contribution is 0.537. The van der Waals surface area contributed by atoms with Crippen LogP contribution < -0.4 is 5.73 Å². The first kappa shape index (κ1) is 13.7. The average molecular weight is 290 g/mol. The smallest absolute Gasteiger partial charge is 0.106 e. The molecule has 4 heteroatoms. The average Bonchev–Trinajstić information content (AvgIpc) is 2.79. The number of nitrogens with zero attached hydrogens (tertiary/aromatic N) is 2. The summed E-state index contributed by atoms with van der Waals surface area (Å²) in [7, 11) is 0. The van der Waals surface area contributed by atoms with E-state index in [-0.39, 0.29) is 6.04 Å². The number of fused-ring (bicyclic) bond motifs is 1. The van der Waals surface area contributed by atoms with Gasteiger partial charge in [0.25, 0.3) is 0 Å². The molecule has 0 aliphatic heterocycles. The van der Waals surface area contributed by atoms with Gasteiger partial charge >= 0.3 is 0 Å². The zero-order valence-corrected chi connectivity index (χ0v) is 12.5. The van der Waals surface area contributed by atoms with E-state index in [0.29, 0.717) is 6.54 Å². The van der Waals surface area contributed by atoms with Gasteiger partial charge in [-0.05, 0) is 50.3 Å². The Morgan fingerprint density at radius 2 is 1.95 bits per heavy atom. The van der Waals surface area contributed by atoms with Crippen LogP contribution in [0.4, 0.5) is 0 Å². The maximum absolute atomic E-state index is 6.05. The van der Waals surface area contributed by atoms with Gasteiger partial charge in [-0.3, -0.25) is 0 Å². The second-order valence-corrected chi connectivity index (χ2v) is 5.87. The maximum Gasteiger partial charge on any atom is 0.106 e. The van der Waals surface area contributed by atoms with Crippen LogP contribution in [0, 0.1) is 6.92 Å². The third-order valence-electron chi connectivity index (χ3n) is 4.14. The number of hydrogen-bond acceptors (Lipinski definition) is 2. The summed E-state index contributed by atoms with van der Waals surface area (Å²) in [4.78, 5) is 4.74. The summed E-state index contributed by atoms with van der Waals surface area (Å²) in [5.74, 6) is 1.07. The standard InChI is InChI=1S/C16H20ClN3/c1-11-19-14-4-2-3-5-15(14)20(11)16(10-18)12-6-8-13(17)9-7-12/h6-9,16H,2-5,10,18H2,1H3. The summed E-state index contributed by atoms with van der Waals surface area (Å²) in [5.41, 5.74) is 9.89. The van der Waals surface area contributed by atoms with Crippen molar-refractivity contribution in [2.45, 2.75) is 38.6 Å². The van der Waals surface area contributed by atoms with E-state index < -0.39 is 0 Å². The third-order valence-corrected chi connectivity index (χ3v) is 4.39. The lowest BCUT2D eigenvalue weighted by Gasteiger charge is -2.23. The summed E-state index contributed by atoms with van der Waals surface area (Å²) in [6, 6.07) is 8.14. The van der Waals surface area contributed by atoms with Gasteiger partial charge in [0, 0.05) is 17.3 Å². The number of benzene rings is 1. The van der Waals surface area contributed by atoms with Gasteiger partial charge in [-0.15, -0.1) is 0 Å². The Balaban J connectivity index is 2.05. The Bertz CT molecular complexity index is 601. The van der Waals surface area contributed by atoms with Crippen molar-refractivity contribution in [1.82, 2.24) is 9.55 Å². The van der Waals surface area contributed by atoms with E-state index in [9.17, 15) is 0 Å². The van der Waals surface area contributed by atoms with Gasteiger partial charge in [0.2, 0.25) is 0 Å². The topological polar surface area (TPSA) is 43.8 Å². The molecule has 0 bridgehead atoms. The number of rotatable bonds is 3. The van der Waals surface area contributed by atoms with Crippen LogP contribution in [0.3, 0.4) is 0 Å². The van der Waals surface area contributed by atoms with Crippen molar-refractivity contribution < 1.29 is 0 Å². The summed E-state index contributed by atoms with van der Waals surface area (Å²) in [6.07, 6.45) is 4.70. The van der Waals surface area contributed by atoms with Gasteiger partial charge in [-0.2, -0.15) is 0 Å². The Morgan fingerprint density at radius 3 is 2.65 bits per heavy atom. The second-order valence-electron chi connectivity index (χ2n) is 5.43. The number of nitrogens with two attached hydrogens (primary N) is 1. The minimum absolute atomic E-state index is 0.154. The number of aryl methyl sites for hydroxylation is 2. The molecule has 3 rings (SSSR count). The van der Waals surface area contributed by atoms with E-state index in [1.165, 1.54) is 29.8 Å². The van der Waals surface area contributed by atoms with Crippen LogP contribution in [0.1, 0.15) is 41.7 Å². The largest absolute Gasteiger partial charge is 0.328 e. The Morgan fingerprint density at radius 1 is 1.25 bits per heavy atom. The molecule has 20 heavy (non-hydrogen) atoms. The predicted octanol–water partition coefficient (Wildman–Crippen LogP) is 3.27. The first-order chi connectivity index (χ1) is 9.70. The number of hydrogen-bond donors (Lipinski definition) is 1. The lowest BCUT2D eigenvalue weighted by atomic mass is 9.99. The zero-order valence-electron chi connectivity index (χ0n) is 11.8. The molecule has 2 aromatic rings.